The van der Waals surface area contributed by atoms with Gasteiger partial charge in [-0.25, -0.2) is 9.97 Å². The minimum Gasteiger partial charge on any atom is -0.454 e. The Bertz CT molecular complexity index is 5000. The summed E-state index contributed by atoms with van der Waals surface area (Å²) in [6, 6.07) is 62.8. The Balaban J connectivity index is 0.000000166. The molecule has 0 aliphatic rings. The van der Waals surface area contributed by atoms with Gasteiger partial charge < -0.3 is 8.83 Å². The van der Waals surface area contributed by atoms with E-state index in [4.69, 9.17) is 23.8 Å². The Morgan fingerprint density at radius 3 is 1.29 bits per heavy atom. The lowest BCUT2D eigenvalue weighted by Crippen LogP contribution is -2.13. The number of benzene rings is 6. The Morgan fingerprint density at radius 2 is 0.705 bits per heavy atom. The number of para-hydroxylation sites is 2. The molecule has 0 radical (unpaired) electrons. The van der Waals surface area contributed by atoms with Crippen molar-refractivity contribution in [1.82, 2.24) is 29.9 Å². The van der Waals surface area contributed by atoms with Crippen molar-refractivity contribution in [2.24, 2.45) is 0 Å². The van der Waals surface area contributed by atoms with Crippen LogP contribution in [0.15, 0.2) is 209 Å². The van der Waals surface area contributed by atoms with Crippen molar-refractivity contribution in [3.63, 3.8) is 0 Å². The van der Waals surface area contributed by atoms with Crippen LogP contribution in [0.5, 0.6) is 0 Å². The van der Waals surface area contributed by atoms with Crippen LogP contribution in [0.2, 0.25) is 0 Å². The van der Waals surface area contributed by atoms with Crippen molar-refractivity contribution in [3.05, 3.63) is 229 Å². The van der Waals surface area contributed by atoms with Gasteiger partial charge in [-0.3, -0.25) is 19.9 Å². The van der Waals surface area contributed by atoms with Crippen LogP contribution in [0.25, 0.3) is 117 Å². The van der Waals surface area contributed by atoms with Crippen molar-refractivity contribution in [3.8, 4) is 0 Å². The molecule has 0 aliphatic carbocycles. The zero-order valence-electron chi connectivity index (χ0n) is 54.4. The minimum absolute atomic E-state index is 0. The maximum absolute atomic E-state index is 5.95. The second-order valence-electron chi connectivity index (χ2n) is 28.3. The molecule has 10 aromatic heterocycles. The summed E-state index contributed by atoms with van der Waals surface area (Å²) >= 11 is 3.67. The van der Waals surface area contributed by atoms with Crippen molar-refractivity contribution in [2.45, 2.75) is 168 Å². The van der Waals surface area contributed by atoms with Gasteiger partial charge in [0.2, 0.25) is 0 Å². The van der Waals surface area contributed by atoms with Crippen LogP contribution < -0.4 is 0 Å². The first-order valence-corrected chi connectivity index (χ1v) is 32.6. The number of aromatic nitrogens is 6. The number of thiophene rings is 2. The van der Waals surface area contributed by atoms with Crippen molar-refractivity contribution < 1.29 is 8.83 Å². The molecular formula is C85H98N6O2S2. The van der Waals surface area contributed by atoms with E-state index >= 15 is 0 Å². The zero-order valence-corrected chi connectivity index (χ0v) is 56.0. The van der Waals surface area contributed by atoms with Gasteiger partial charge in [-0.15, -0.1) is 22.7 Å². The molecule has 10 heterocycles. The minimum atomic E-state index is -0.00656. The quantitative estimate of drug-likeness (QED) is 0.138. The standard InChI is InChI=1S/C20H18N2.2C15H15NO.2C15H15NS.5CH4/c1-20(2,3)17-11-10-16-14-8-5-4-7-13(14)15-9-6-12-21-18(15)19(16)22-17;1-15(2,3)14-13-11(8-9-16-14)10-6-4-5-7-12(10)17-13;1-15(2,3)13-9-8-12-14(16-13)10-6-4-5-7-11(10)17-12;1-15(2,3)14-13-11(8-9-16-14)10-6-4-5-7-12(10)17-13;1-15(2,3)13-9-8-12-14(16-13)10-6-4-5-7-11(10)17-12;;;;;/h4-12H,1-3H3;4*4-9H,1-3H3;5*1H4. The molecule has 6 aromatic carbocycles. The number of hydrogen-bond acceptors (Lipinski definition) is 10. The van der Waals surface area contributed by atoms with Crippen molar-refractivity contribution in [1.29, 1.82) is 0 Å². The molecule has 95 heavy (non-hydrogen) atoms. The average Bonchev–Trinajstić information content (AvgIpc) is 1.71. The normalized spacial score (nSPS) is 11.7. The number of pyridine rings is 6. The van der Waals surface area contributed by atoms with Gasteiger partial charge in [-0.05, 0) is 89.6 Å². The second-order valence-corrected chi connectivity index (χ2v) is 30.5. The molecule has 10 heteroatoms. The maximum atomic E-state index is 5.95. The van der Waals surface area contributed by atoms with E-state index in [9.17, 15) is 0 Å². The van der Waals surface area contributed by atoms with E-state index in [-0.39, 0.29) is 64.2 Å². The van der Waals surface area contributed by atoms with Gasteiger partial charge in [0.1, 0.15) is 16.7 Å². The van der Waals surface area contributed by atoms with Crippen LogP contribution in [-0.4, -0.2) is 29.9 Å². The summed E-state index contributed by atoms with van der Waals surface area (Å²) in [7, 11) is 0. The van der Waals surface area contributed by atoms with E-state index in [1.54, 1.807) is 0 Å². The molecule has 16 rings (SSSR count). The fourth-order valence-electron chi connectivity index (χ4n) is 11.4. The molecule has 0 unspecified atom stereocenters. The molecule has 492 valence electrons. The first kappa shape index (κ1) is 73.5. The Labute approximate surface area is 572 Å². The molecule has 0 aliphatic heterocycles. The molecule has 8 nitrogen and oxygen atoms in total. The molecule has 0 amide bonds. The maximum Gasteiger partial charge on any atom is 0.157 e. The van der Waals surface area contributed by atoms with Crippen LogP contribution in [-0.2, 0) is 27.1 Å². The number of furan rings is 2. The number of fused-ring (bicyclic) bond motifs is 18. The molecule has 0 atom stereocenters. The third kappa shape index (κ3) is 15.0. The Morgan fingerprint density at radius 1 is 0.263 bits per heavy atom. The first-order valence-electron chi connectivity index (χ1n) is 31.0. The smallest absolute Gasteiger partial charge is 0.157 e. The summed E-state index contributed by atoms with van der Waals surface area (Å²) in [5.74, 6) is 0. The number of nitrogens with zero attached hydrogens (tertiary/aromatic N) is 6. The average molecular weight is 1300 g/mol. The van der Waals surface area contributed by atoms with Gasteiger partial charge in [-0.1, -0.05) is 244 Å². The SMILES string of the molecule is C.C.C.C.C.CC(C)(C)c1ccc2c3ccccc3c3cccnc3c2n1.CC(C)(C)c1ccc2oc3ccccc3c2n1.CC(C)(C)c1ccc2sc3ccccc3c2n1.CC(C)(C)c1nccc2c1oc1ccccc12.CC(C)(C)c1nccc2c1sc1ccccc12. The number of rotatable bonds is 0. The topological polar surface area (TPSA) is 104 Å². The molecule has 16 aromatic rings. The lowest BCUT2D eigenvalue weighted by molar-refractivity contribution is 0.553. The van der Waals surface area contributed by atoms with Gasteiger partial charge >= 0.3 is 0 Å². The molecule has 0 N–H and O–H groups in total. The molecule has 0 bridgehead atoms. The highest BCUT2D eigenvalue weighted by molar-refractivity contribution is 7.26. The fourth-order valence-corrected chi connectivity index (χ4v) is 13.9. The highest BCUT2D eigenvalue weighted by Gasteiger charge is 2.24. The third-order valence-electron chi connectivity index (χ3n) is 16.2. The summed E-state index contributed by atoms with van der Waals surface area (Å²) in [5, 5.41) is 12.2. The van der Waals surface area contributed by atoms with Crippen LogP contribution in [0, 0.1) is 0 Å². The van der Waals surface area contributed by atoms with E-state index in [1.165, 1.54) is 62.2 Å². The molecule has 0 saturated heterocycles. The fraction of sp³-hybridized carbons (Fsp3) is 0.294. The highest BCUT2D eigenvalue weighted by atomic mass is 32.1. The van der Waals surface area contributed by atoms with Gasteiger partial charge in [0.15, 0.2) is 11.2 Å². The predicted octanol–water partition coefficient (Wildman–Crippen LogP) is 26.5. The molecular weight excluding hydrogens is 1200 g/mol. The van der Waals surface area contributed by atoms with E-state index < -0.39 is 0 Å². The molecule has 0 spiro atoms. The van der Waals surface area contributed by atoms with E-state index in [2.05, 4.69) is 240 Å². The first-order chi connectivity index (χ1) is 42.8. The van der Waals surface area contributed by atoms with Gasteiger partial charge in [0.25, 0.3) is 0 Å². The Kier molecular flexibility index (Phi) is 22.1. The Hall–Kier alpha value is -8.96. The molecule has 0 saturated carbocycles. The van der Waals surface area contributed by atoms with Gasteiger partial charge in [-0.2, -0.15) is 0 Å². The lowest BCUT2D eigenvalue weighted by Gasteiger charge is -2.19. The van der Waals surface area contributed by atoms with Crippen molar-refractivity contribution >= 4 is 140 Å². The summed E-state index contributed by atoms with van der Waals surface area (Å²) in [6.07, 6.45) is 5.65. The number of hydrogen-bond donors (Lipinski definition) is 0. The monoisotopic (exact) mass is 1300 g/mol. The van der Waals surface area contributed by atoms with Gasteiger partial charge in [0, 0.05) is 115 Å². The van der Waals surface area contributed by atoms with Gasteiger partial charge in [0.05, 0.1) is 37.3 Å². The third-order valence-corrected chi connectivity index (χ3v) is 18.5. The zero-order chi connectivity index (χ0) is 63.5. The lowest BCUT2D eigenvalue weighted by atomic mass is 9.90. The van der Waals surface area contributed by atoms with Crippen LogP contribution >= 0.6 is 22.7 Å². The van der Waals surface area contributed by atoms with Crippen LogP contribution in [0.3, 0.4) is 0 Å². The van der Waals surface area contributed by atoms with E-state index in [0.29, 0.717) is 0 Å². The predicted molar refractivity (Wildman–Crippen MR) is 419 cm³/mol. The van der Waals surface area contributed by atoms with Crippen molar-refractivity contribution in [2.75, 3.05) is 0 Å². The second kappa shape index (κ2) is 28.6. The summed E-state index contributed by atoms with van der Waals surface area (Å²) in [6.45, 7) is 32.8. The summed E-state index contributed by atoms with van der Waals surface area (Å²) in [4.78, 5) is 28.2. The largest absolute Gasteiger partial charge is 0.454 e. The van der Waals surface area contributed by atoms with E-state index in [0.717, 1.165) is 83.3 Å². The highest BCUT2D eigenvalue weighted by Crippen LogP contribution is 2.41. The summed E-state index contributed by atoms with van der Waals surface area (Å²) < 4.78 is 17.0. The van der Waals surface area contributed by atoms with Crippen LogP contribution in [0.1, 0.15) is 169 Å². The summed E-state index contributed by atoms with van der Waals surface area (Å²) in [5.41, 5.74) is 13.6. The van der Waals surface area contributed by atoms with E-state index in [1.807, 2.05) is 102 Å². The van der Waals surface area contributed by atoms with Crippen LogP contribution in [0.4, 0.5) is 0 Å². The molecule has 0 fully saturated rings.